The fourth-order valence-electron chi connectivity index (χ4n) is 2.46. The van der Waals surface area contributed by atoms with Crippen LogP contribution in [0.25, 0.3) is 0 Å². The van der Waals surface area contributed by atoms with E-state index in [1.807, 2.05) is 25.1 Å². The van der Waals surface area contributed by atoms with Crippen molar-refractivity contribution in [2.24, 2.45) is 0 Å². The highest BCUT2D eigenvalue weighted by atomic mass is 79.9. The van der Waals surface area contributed by atoms with Crippen LogP contribution in [0.15, 0.2) is 45.8 Å². The third kappa shape index (κ3) is 3.68. The molecule has 122 valence electrons. The smallest absolute Gasteiger partial charge is 0.294 e. The van der Waals surface area contributed by atoms with E-state index in [4.69, 9.17) is 9.47 Å². The second-order valence-corrected chi connectivity index (χ2v) is 7.75. The van der Waals surface area contributed by atoms with Gasteiger partial charge in [-0.15, -0.1) is 0 Å². The molecule has 1 N–H and O–H groups in total. The summed E-state index contributed by atoms with van der Waals surface area (Å²) < 4.78 is 44.3. The van der Waals surface area contributed by atoms with Gasteiger partial charge in [0.2, 0.25) is 0 Å². The van der Waals surface area contributed by atoms with Gasteiger partial charge in [0.05, 0.1) is 4.90 Å². The summed E-state index contributed by atoms with van der Waals surface area (Å²) in [6, 6.07) is 10.1. The van der Waals surface area contributed by atoms with Crippen LogP contribution in [0.1, 0.15) is 11.1 Å². The van der Waals surface area contributed by atoms with Crippen LogP contribution in [0.4, 0.5) is 0 Å². The summed E-state index contributed by atoms with van der Waals surface area (Å²) in [6.07, 6.45) is 0.258. The highest BCUT2D eigenvalue weighted by molar-refractivity contribution is 9.10. The van der Waals surface area contributed by atoms with Crippen molar-refractivity contribution in [1.82, 2.24) is 0 Å². The monoisotopic (exact) mass is 398 g/mol. The third-order valence-electron chi connectivity index (χ3n) is 3.69. The average molecular weight is 399 g/mol. The Hall–Kier alpha value is -1.57. The molecule has 0 radical (unpaired) electrons. The van der Waals surface area contributed by atoms with Crippen LogP contribution in [0.3, 0.4) is 0 Å². The molecule has 2 aromatic carbocycles. The van der Waals surface area contributed by atoms with Crippen molar-refractivity contribution < 1.29 is 22.4 Å². The molecule has 1 aliphatic heterocycles. The largest absolute Gasteiger partial charge is 0.486 e. The Bertz CT molecular complexity index is 848. The molecule has 0 saturated heterocycles. The van der Waals surface area contributed by atoms with Crippen LogP contribution in [0.2, 0.25) is 0 Å². The first kappa shape index (κ1) is 16.3. The molecule has 0 unspecified atom stereocenters. The molecule has 2 aromatic rings. The van der Waals surface area contributed by atoms with Crippen molar-refractivity contribution >= 4 is 26.0 Å². The van der Waals surface area contributed by atoms with Gasteiger partial charge in [-0.05, 0) is 48.4 Å². The number of hydrogen-bond acceptors (Lipinski definition) is 4. The van der Waals surface area contributed by atoms with Crippen LogP contribution in [-0.2, 0) is 16.5 Å². The Morgan fingerprint density at radius 3 is 2.74 bits per heavy atom. The van der Waals surface area contributed by atoms with Gasteiger partial charge in [0.15, 0.2) is 11.5 Å². The first-order valence-corrected chi connectivity index (χ1v) is 9.22. The highest BCUT2D eigenvalue weighted by Gasteiger charge is 2.23. The van der Waals surface area contributed by atoms with Crippen LogP contribution in [-0.4, -0.2) is 25.7 Å². The molecule has 0 aliphatic carbocycles. The maximum atomic E-state index is 11.3. The van der Waals surface area contributed by atoms with E-state index in [-0.39, 0.29) is 11.0 Å². The number of rotatable bonds is 3. The molecule has 0 bridgehead atoms. The predicted octanol–water partition coefficient (Wildman–Crippen LogP) is 3.39. The van der Waals surface area contributed by atoms with Crippen LogP contribution >= 0.6 is 15.9 Å². The molecule has 5 nitrogen and oxygen atoms in total. The molecule has 0 saturated carbocycles. The van der Waals surface area contributed by atoms with Crippen molar-refractivity contribution in [3.05, 3.63) is 52.0 Å². The van der Waals surface area contributed by atoms with E-state index in [1.165, 1.54) is 12.1 Å². The van der Waals surface area contributed by atoms with E-state index >= 15 is 0 Å². The van der Waals surface area contributed by atoms with Crippen LogP contribution < -0.4 is 9.47 Å². The van der Waals surface area contributed by atoms with E-state index in [1.54, 1.807) is 6.07 Å². The summed E-state index contributed by atoms with van der Waals surface area (Å²) >= 11 is 3.39. The van der Waals surface area contributed by atoms with Crippen molar-refractivity contribution in [2.75, 3.05) is 6.61 Å². The zero-order valence-electron chi connectivity index (χ0n) is 12.3. The second kappa shape index (κ2) is 6.14. The Labute approximate surface area is 143 Å². The van der Waals surface area contributed by atoms with Crippen LogP contribution in [0, 0.1) is 6.92 Å². The number of aryl methyl sites for hydroxylation is 1. The summed E-state index contributed by atoms with van der Waals surface area (Å²) in [7, 11) is -4.22. The Morgan fingerprint density at radius 2 is 2.00 bits per heavy atom. The maximum Gasteiger partial charge on any atom is 0.294 e. The molecule has 0 fully saturated rings. The molecule has 0 spiro atoms. The van der Waals surface area contributed by atoms with Gasteiger partial charge in [-0.1, -0.05) is 22.0 Å². The second-order valence-electron chi connectivity index (χ2n) is 5.41. The van der Waals surface area contributed by atoms with Gasteiger partial charge in [0, 0.05) is 10.9 Å². The molecule has 1 aliphatic rings. The molecule has 1 heterocycles. The quantitative estimate of drug-likeness (QED) is 0.802. The molecule has 23 heavy (non-hydrogen) atoms. The Kier molecular flexibility index (Phi) is 4.35. The predicted molar refractivity (Wildman–Crippen MR) is 88.8 cm³/mol. The molecular weight excluding hydrogens is 384 g/mol. The summed E-state index contributed by atoms with van der Waals surface area (Å²) in [4.78, 5) is -0.113. The summed E-state index contributed by atoms with van der Waals surface area (Å²) in [5.41, 5.74) is 1.73. The fraction of sp³-hybridized carbons (Fsp3) is 0.250. The van der Waals surface area contributed by atoms with Gasteiger partial charge in [-0.3, -0.25) is 4.55 Å². The van der Waals surface area contributed by atoms with Gasteiger partial charge in [0.1, 0.15) is 12.7 Å². The molecular formula is C16H15BrO5S. The number of ether oxygens (including phenoxy) is 2. The van der Waals surface area contributed by atoms with E-state index in [9.17, 15) is 13.0 Å². The highest BCUT2D eigenvalue weighted by Crippen LogP contribution is 2.35. The summed E-state index contributed by atoms with van der Waals surface area (Å²) in [6.45, 7) is 2.27. The number of fused-ring (bicyclic) bond motifs is 1. The Balaban J connectivity index is 1.83. The lowest BCUT2D eigenvalue weighted by Gasteiger charge is -2.27. The summed E-state index contributed by atoms with van der Waals surface area (Å²) in [5.74, 6) is 1.34. The first-order chi connectivity index (χ1) is 10.8. The normalized spacial score (nSPS) is 17.1. The minimum Gasteiger partial charge on any atom is -0.486 e. The minimum atomic E-state index is -4.22. The van der Waals surface area contributed by atoms with E-state index in [0.29, 0.717) is 24.5 Å². The van der Waals surface area contributed by atoms with Gasteiger partial charge in [-0.2, -0.15) is 8.42 Å². The van der Waals surface area contributed by atoms with Gasteiger partial charge in [0.25, 0.3) is 10.1 Å². The van der Waals surface area contributed by atoms with Gasteiger partial charge in [-0.25, -0.2) is 0 Å². The molecule has 1 atom stereocenters. The van der Waals surface area contributed by atoms with Gasteiger partial charge >= 0.3 is 0 Å². The number of halogens is 1. The lowest BCUT2D eigenvalue weighted by atomic mass is 10.0. The van der Waals surface area contributed by atoms with E-state index in [2.05, 4.69) is 15.9 Å². The van der Waals surface area contributed by atoms with Crippen molar-refractivity contribution in [3.63, 3.8) is 0 Å². The van der Waals surface area contributed by atoms with Gasteiger partial charge < -0.3 is 9.47 Å². The number of hydrogen-bond donors (Lipinski definition) is 1. The molecule has 3 rings (SSSR count). The topological polar surface area (TPSA) is 72.8 Å². The molecule has 7 heteroatoms. The lowest BCUT2D eigenvalue weighted by molar-refractivity contribution is 0.0910. The van der Waals surface area contributed by atoms with E-state index in [0.717, 1.165) is 15.6 Å². The van der Waals surface area contributed by atoms with Crippen molar-refractivity contribution in [3.8, 4) is 11.5 Å². The standard InChI is InChI=1S/C16H15BrO5S/c1-10-2-4-14(23(18,19)20)7-11(10)6-13-9-21-15-5-3-12(17)8-16(15)22-13/h2-5,7-8,13H,6,9H2,1H3,(H,18,19,20)/t13-/m1/s1. The fourth-order valence-corrected chi connectivity index (χ4v) is 3.33. The van der Waals surface area contributed by atoms with Crippen LogP contribution in [0.5, 0.6) is 11.5 Å². The minimum absolute atomic E-state index is 0.113. The maximum absolute atomic E-state index is 11.3. The Morgan fingerprint density at radius 1 is 1.22 bits per heavy atom. The van der Waals surface area contributed by atoms with E-state index < -0.39 is 10.1 Å². The number of benzene rings is 2. The van der Waals surface area contributed by atoms with Crippen molar-refractivity contribution in [2.45, 2.75) is 24.3 Å². The lowest BCUT2D eigenvalue weighted by Crippen LogP contribution is -2.31. The molecule has 0 aromatic heterocycles. The first-order valence-electron chi connectivity index (χ1n) is 6.99. The molecule has 0 amide bonds. The SMILES string of the molecule is Cc1ccc(S(=O)(=O)O)cc1C[C@@H]1COc2ccc(Br)cc2O1. The zero-order chi connectivity index (χ0) is 16.6. The van der Waals surface area contributed by atoms with Crippen molar-refractivity contribution in [1.29, 1.82) is 0 Å². The summed E-state index contributed by atoms with van der Waals surface area (Å²) in [5, 5.41) is 0. The average Bonchev–Trinajstić information content (AvgIpc) is 2.48. The third-order valence-corrected chi connectivity index (χ3v) is 5.03. The zero-order valence-corrected chi connectivity index (χ0v) is 14.7.